The van der Waals surface area contributed by atoms with E-state index in [9.17, 15) is 9.90 Å². The van der Waals surface area contributed by atoms with E-state index in [0.717, 1.165) is 42.1 Å². The van der Waals surface area contributed by atoms with E-state index < -0.39 is 0 Å². The Morgan fingerprint density at radius 3 is 2.84 bits per heavy atom. The summed E-state index contributed by atoms with van der Waals surface area (Å²) in [5, 5.41) is 15.6. The van der Waals surface area contributed by atoms with Gasteiger partial charge in [0.05, 0.1) is 18.5 Å². The van der Waals surface area contributed by atoms with Crippen molar-refractivity contribution < 1.29 is 9.90 Å². The number of aliphatic hydroxyl groups excluding tert-OH is 1. The first kappa shape index (κ1) is 20.1. The number of anilines is 1. The zero-order chi connectivity index (χ0) is 21.9. The van der Waals surface area contributed by atoms with Crippen LogP contribution in [-0.2, 0) is 11.4 Å². The van der Waals surface area contributed by atoms with Crippen LogP contribution in [0.2, 0.25) is 0 Å². The average molecular weight is 428 g/mol. The molecule has 3 heterocycles. The van der Waals surface area contributed by atoms with Crippen LogP contribution in [-0.4, -0.2) is 55.1 Å². The maximum atomic E-state index is 11.1. The van der Waals surface area contributed by atoms with E-state index in [4.69, 9.17) is 4.98 Å². The fraction of sp³-hybridized carbons (Fsp3) is 0.250. The molecule has 0 aliphatic carbocycles. The van der Waals surface area contributed by atoms with E-state index in [1.54, 1.807) is 23.4 Å². The Balaban J connectivity index is 1.50. The minimum absolute atomic E-state index is 0.101. The van der Waals surface area contributed by atoms with Gasteiger partial charge in [-0.25, -0.2) is 9.97 Å². The number of rotatable bonds is 6. The molecule has 2 aromatic carbocycles. The zero-order valence-corrected chi connectivity index (χ0v) is 17.6. The summed E-state index contributed by atoms with van der Waals surface area (Å²) in [5.74, 6) is 1.81. The second-order valence-corrected chi connectivity index (χ2v) is 7.95. The van der Waals surface area contributed by atoms with Crippen LogP contribution >= 0.6 is 0 Å². The first-order valence-corrected chi connectivity index (χ1v) is 10.7. The molecule has 0 saturated carbocycles. The Morgan fingerprint density at radius 2 is 2.00 bits per heavy atom. The summed E-state index contributed by atoms with van der Waals surface area (Å²) in [6.07, 6.45) is 6.14. The van der Waals surface area contributed by atoms with E-state index in [0.29, 0.717) is 29.8 Å². The highest BCUT2D eigenvalue weighted by Gasteiger charge is 2.20. The Labute approximate surface area is 185 Å². The molecule has 8 heteroatoms. The number of nitrogens with zero attached hydrogens (tertiary/aromatic N) is 5. The largest absolute Gasteiger partial charge is 0.390 e. The number of amides is 1. The number of piperidine rings is 1. The lowest BCUT2D eigenvalue weighted by molar-refractivity contribution is -0.119. The van der Waals surface area contributed by atoms with E-state index in [1.165, 1.54) is 0 Å². The molecule has 1 amide bonds. The fourth-order valence-corrected chi connectivity index (χ4v) is 4.23. The lowest BCUT2D eigenvalue weighted by atomic mass is 10.1. The van der Waals surface area contributed by atoms with Crippen molar-refractivity contribution in [3.8, 4) is 17.2 Å². The third kappa shape index (κ3) is 3.92. The van der Waals surface area contributed by atoms with Gasteiger partial charge in [-0.05, 0) is 35.7 Å². The zero-order valence-electron chi connectivity index (χ0n) is 17.6. The molecule has 1 unspecified atom stereocenters. The predicted octanol–water partition coefficient (Wildman–Crippen LogP) is 3.01. The summed E-state index contributed by atoms with van der Waals surface area (Å²) in [6, 6.07) is 16.3. The summed E-state index contributed by atoms with van der Waals surface area (Å²) in [4.78, 5) is 26.5. The molecule has 1 atom stereocenters. The summed E-state index contributed by atoms with van der Waals surface area (Å²) < 4.78 is 1.86. The topological polar surface area (TPSA) is 96.2 Å². The smallest absolute Gasteiger partial charge is 0.224 e. The molecule has 0 bridgehead atoms. The first-order chi connectivity index (χ1) is 15.7. The van der Waals surface area contributed by atoms with Gasteiger partial charge in [0.15, 0.2) is 0 Å². The second-order valence-electron chi connectivity index (χ2n) is 7.95. The van der Waals surface area contributed by atoms with Crippen molar-refractivity contribution in [2.24, 2.45) is 0 Å². The summed E-state index contributed by atoms with van der Waals surface area (Å²) in [5.41, 5.74) is 1.58. The minimum atomic E-state index is -0.162. The van der Waals surface area contributed by atoms with Crippen LogP contribution in [0.3, 0.4) is 0 Å². The van der Waals surface area contributed by atoms with Gasteiger partial charge in [0, 0.05) is 30.9 Å². The third-order valence-corrected chi connectivity index (χ3v) is 5.81. The Hall–Kier alpha value is -3.78. The number of hydrogen-bond donors (Lipinski definition) is 2. The van der Waals surface area contributed by atoms with Crippen LogP contribution < -0.4 is 5.32 Å². The molecule has 2 aromatic heterocycles. The highest BCUT2D eigenvalue weighted by atomic mass is 16.3. The summed E-state index contributed by atoms with van der Waals surface area (Å²) >= 11 is 0. The van der Waals surface area contributed by atoms with E-state index in [2.05, 4.69) is 39.6 Å². The molecule has 162 valence electrons. The van der Waals surface area contributed by atoms with Gasteiger partial charge in [0.25, 0.3) is 0 Å². The van der Waals surface area contributed by atoms with Crippen molar-refractivity contribution in [2.45, 2.75) is 25.5 Å². The molecule has 0 spiro atoms. The molecule has 0 radical (unpaired) electrons. The SMILES string of the molecule is O=CN1CCCC(Nc2nccc(-n3c(CO)cnc3-c3ccc4ccccc4c3)n2)C1. The number of benzene rings is 2. The Kier molecular flexibility index (Phi) is 5.51. The van der Waals surface area contributed by atoms with Gasteiger partial charge in [-0.1, -0.05) is 36.4 Å². The van der Waals surface area contributed by atoms with Crippen molar-refractivity contribution in [2.75, 3.05) is 18.4 Å². The van der Waals surface area contributed by atoms with Gasteiger partial charge in [0.1, 0.15) is 11.6 Å². The van der Waals surface area contributed by atoms with Gasteiger partial charge in [0.2, 0.25) is 12.4 Å². The van der Waals surface area contributed by atoms with Crippen LogP contribution in [0, 0.1) is 0 Å². The predicted molar refractivity (Wildman–Crippen MR) is 122 cm³/mol. The molecular weight excluding hydrogens is 404 g/mol. The fourth-order valence-electron chi connectivity index (χ4n) is 4.23. The highest BCUT2D eigenvalue weighted by Crippen LogP contribution is 2.27. The highest BCUT2D eigenvalue weighted by molar-refractivity contribution is 5.86. The minimum Gasteiger partial charge on any atom is -0.390 e. The first-order valence-electron chi connectivity index (χ1n) is 10.7. The van der Waals surface area contributed by atoms with Gasteiger partial charge in [-0.2, -0.15) is 4.98 Å². The van der Waals surface area contributed by atoms with Gasteiger partial charge in [-0.15, -0.1) is 0 Å². The van der Waals surface area contributed by atoms with Crippen LogP contribution in [0.4, 0.5) is 5.95 Å². The van der Waals surface area contributed by atoms with Crippen molar-refractivity contribution in [1.82, 2.24) is 24.4 Å². The van der Waals surface area contributed by atoms with Crippen molar-refractivity contribution in [1.29, 1.82) is 0 Å². The Bertz CT molecular complexity index is 1250. The number of hydrogen-bond acceptors (Lipinski definition) is 6. The number of imidazole rings is 1. The molecule has 4 aromatic rings. The molecule has 32 heavy (non-hydrogen) atoms. The maximum absolute atomic E-state index is 11.1. The van der Waals surface area contributed by atoms with Crippen molar-refractivity contribution >= 4 is 23.1 Å². The van der Waals surface area contributed by atoms with Crippen LogP contribution in [0.25, 0.3) is 28.0 Å². The third-order valence-electron chi connectivity index (χ3n) is 5.81. The molecule has 1 aliphatic rings. The number of carbonyl (C=O) groups is 1. The van der Waals surface area contributed by atoms with Crippen LogP contribution in [0.1, 0.15) is 18.5 Å². The van der Waals surface area contributed by atoms with Crippen molar-refractivity contribution in [3.05, 3.63) is 66.6 Å². The van der Waals surface area contributed by atoms with Crippen LogP contribution in [0.15, 0.2) is 60.9 Å². The molecule has 5 rings (SSSR count). The van der Waals surface area contributed by atoms with Gasteiger partial charge >= 0.3 is 0 Å². The molecular formula is C24H24N6O2. The maximum Gasteiger partial charge on any atom is 0.224 e. The molecule has 8 nitrogen and oxygen atoms in total. The van der Waals surface area contributed by atoms with Crippen molar-refractivity contribution in [3.63, 3.8) is 0 Å². The second kappa shape index (κ2) is 8.76. The summed E-state index contributed by atoms with van der Waals surface area (Å²) in [6.45, 7) is 1.25. The molecule has 2 N–H and O–H groups in total. The monoisotopic (exact) mass is 428 g/mol. The number of carbonyl (C=O) groups excluding carboxylic acids is 1. The van der Waals surface area contributed by atoms with Crippen LogP contribution in [0.5, 0.6) is 0 Å². The number of aliphatic hydroxyl groups is 1. The standard InChI is InChI=1S/C24H24N6O2/c31-15-21-13-26-23(19-8-7-17-4-1-2-5-18(17)12-19)30(21)22-9-10-25-24(28-22)27-20-6-3-11-29(14-20)16-32/h1-2,4-5,7-10,12-13,16,20,31H,3,6,11,14-15H2,(H,25,27,28). The molecule has 1 aliphatic heterocycles. The van der Waals surface area contributed by atoms with Gasteiger partial charge in [-0.3, -0.25) is 9.36 Å². The lowest BCUT2D eigenvalue weighted by Crippen LogP contribution is -2.41. The average Bonchev–Trinajstić information content (AvgIpc) is 3.28. The molecule has 1 saturated heterocycles. The van der Waals surface area contributed by atoms with E-state index in [1.807, 2.05) is 22.8 Å². The number of aromatic nitrogens is 4. The van der Waals surface area contributed by atoms with Gasteiger partial charge < -0.3 is 15.3 Å². The molecule has 1 fully saturated rings. The Morgan fingerprint density at radius 1 is 1.12 bits per heavy atom. The lowest BCUT2D eigenvalue weighted by Gasteiger charge is -2.30. The quantitative estimate of drug-likeness (QED) is 0.459. The number of fused-ring (bicyclic) bond motifs is 1. The van der Waals surface area contributed by atoms with E-state index in [-0.39, 0.29) is 12.6 Å². The normalized spacial score (nSPS) is 16.3. The van der Waals surface area contributed by atoms with E-state index >= 15 is 0 Å². The summed E-state index contributed by atoms with van der Waals surface area (Å²) in [7, 11) is 0. The number of nitrogens with one attached hydrogen (secondary N) is 1. The number of likely N-dealkylation sites (tertiary alicyclic amines) is 1.